The van der Waals surface area contributed by atoms with Crippen LogP contribution in [0.25, 0.3) is 33.8 Å². The Hall–Kier alpha value is -3.14. The third kappa shape index (κ3) is 2.52. The molecule has 0 aliphatic carbocycles. The fourth-order valence-corrected chi connectivity index (χ4v) is 2.66. The minimum absolute atomic E-state index is 0.581. The number of hydrogen-bond acceptors (Lipinski definition) is 4. The molecule has 24 heavy (non-hydrogen) atoms. The van der Waals surface area contributed by atoms with Gasteiger partial charge in [-0.05, 0) is 48.9 Å². The fraction of sp³-hybridized carbons (Fsp3) is 0.100. The molecule has 0 unspecified atom stereocenters. The molecule has 4 heteroatoms. The molecule has 0 spiro atoms. The molecule has 4 aromatic rings. The molecule has 4 rings (SSSR count). The smallest absolute Gasteiger partial charge is 0.227 e. The number of aryl methyl sites for hydroxylation is 1. The summed E-state index contributed by atoms with van der Waals surface area (Å²) in [5.41, 5.74) is 5.44. The van der Waals surface area contributed by atoms with E-state index in [0.29, 0.717) is 5.89 Å². The van der Waals surface area contributed by atoms with Gasteiger partial charge in [-0.25, -0.2) is 4.98 Å². The van der Waals surface area contributed by atoms with Crippen molar-refractivity contribution < 1.29 is 9.15 Å². The van der Waals surface area contributed by atoms with Gasteiger partial charge in [0.15, 0.2) is 5.58 Å². The summed E-state index contributed by atoms with van der Waals surface area (Å²) in [5.74, 6) is 1.32. The highest BCUT2D eigenvalue weighted by molar-refractivity contribution is 5.78. The normalized spacial score (nSPS) is 10.9. The number of hydrogen-bond donors (Lipinski definition) is 0. The van der Waals surface area contributed by atoms with Gasteiger partial charge in [-0.1, -0.05) is 18.2 Å². The molecule has 118 valence electrons. The molecule has 4 nitrogen and oxygen atoms in total. The van der Waals surface area contributed by atoms with Crippen LogP contribution in [0.15, 0.2) is 65.2 Å². The van der Waals surface area contributed by atoms with Crippen LogP contribution in [0.4, 0.5) is 0 Å². The summed E-state index contributed by atoms with van der Waals surface area (Å²) in [4.78, 5) is 9.01. The zero-order valence-electron chi connectivity index (χ0n) is 13.5. The maximum atomic E-state index is 5.83. The van der Waals surface area contributed by atoms with E-state index in [2.05, 4.69) is 9.97 Å². The summed E-state index contributed by atoms with van der Waals surface area (Å²) >= 11 is 0. The van der Waals surface area contributed by atoms with E-state index in [9.17, 15) is 0 Å². The Kier molecular flexibility index (Phi) is 3.50. The molecule has 0 saturated carbocycles. The van der Waals surface area contributed by atoms with Crippen molar-refractivity contribution in [1.82, 2.24) is 9.97 Å². The molecule has 2 aromatic carbocycles. The zero-order chi connectivity index (χ0) is 16.5. The van der Waals surface area contributed by atoms with E-state index in [1.807, 2.05) is 67.7 Å². The Morgan fingerprint density at radius 2 is 1.88 bits per heavy atom. The molecule has 0 atom stereocenters. The summed E-state index contributed by atoms with van der Waals surface area (Å²) in [6, 6.07) is 17.7. The minimum atomic E-state index is 0.581. The van der Waals surface area contributed by atoms with Crippen molar-refractivity contribution in [3.63, 3.8) is 0 Å². The lowest BCUT2D eigenvalue weighted by Gasteiger charge is -2.09. The molecular formula is C20H16N2O2. The molecule has 0 saturated heterocycles. The van der Waals surface area contributed by atoms with Crippen LogP contribution in [0.2, 0.25) is 0 Å². The summed E-state index contributed by atoms with van der Waals surface area (Å²) in [6.07, 6.45) is 1.85. The standard InChI is InChI=1S/C20H16N2O2/c1-13-7-10-16(21-12-13)15-9-8-14(11-19(15)23-2)20-22-17-5-3-4-6-18(17)24-20/h3-12H,1-2H3. The number of benzene rings is 2. The first-order valence-electron chi connectivity index (χ1n) is 7.71. The number of methoxy groups -OCH3 is 1. The van der Waals surface area contributed by atoms with Crippen LogP contribution >= 0.6 is 0 Å². The maximum Gasteiger partial charge on any atom is 0.227 e. The highest BCUT2D eigenvalue weighted by atomic mass is 16.5. The number of para-hydroxylation sites is 2. The summed E-state index contributed by atoms with van der Waals surface area (Å²) in [7, 11) is 1.66. The van der Waals surface area contributed by atoms with Gasteiger partial charge in [0.25, 0.3) is 0 Å². The van der Waals surface area contributed by atoms with Crippen LogP contribution in [-0.4, -0.2) is 17.1 Å². The number of aromatic nitrogens is 2. The summed E-state index contributed by atoms with van der Waals surface area (Å²) in [6.45, 7) is 2.02. The van der Waals surface area contributed by atoms with Crippen molar-refractivity contribution in [1.29, 1.82) is 0 Å². The summed E-state index contributed by atoms with van der Waals surface area (Å²) in [5, 5.41) is 0. The third-order valence-electron chi connectivity index (χ3n) is 3.93. The van der Waals surface area contributed by atoms with Crippen molar-refractivity contribution in [2.45, 2.75) is 6.92 Å². The predicted octanol–water partition coefficient (Wildman–Crippen LogP) is 4.87. The maximum absolute atomic E-state index is 5.83. The van der Waals surface area contributed by atoms with Crippen molar-refractivity contribution in [3.8, 4) is 28.5 Å². The lowest BCUT2D eigenvalue weighted by atomic mass is 10.1. The second kappa shape index (κ2) is 5.81. The van der Waals surface area contributed by atoms with Crippen LogP contribution in [0, 0.1) is 6.92 Å². The highest BCUT2D eigenvalue weighted by Crippen LogP contribution is 2.34. The fourth-order valence-electron chi connectivity index (χ4n) is 2.66. The van der Waals surface area contributed by atoms with E-state index in [-0.39, 0.29) is 0 Å². The van der Waals surface area contributed by atoms with E-state index in [1.54, 1.807) is 7.11 Å². The van der Waals surface area contributed by atoms with E-state index < -0.39 is 0 Å². The lowest BCUT2D eigenvalue weighted by Crippen LogP contribution is -1.91. The van der Waals surface area contributed by atoms with Crippen LogP contribution in [0.1, 0.15) is 5.56 Å². The first kappa shape index (κ1) is 14.5. The average Bonchev–Trinajstić information content (AvgIpc) is 3.06. The first-order valence-corrected chi connectivity index (χ1v) is 7.71. The molecule has 0 radical (unpaired) electrons. The predicted molar refractivity (Wildman–Crippen MR) is 94.0 cm³/mol. The second-order valence-electron chi connectivity index (χ2n) is 5.62. The van der Waals surface area contributed by atoms with Gasteiger partial charge < -0.3 is 9.15 Å². The van der Waals surface area contributed by atoms with Crippen molar-refractivity contribution in [2.24, 2.45) is 0 Å². The van der Waals surface area contributed by atoms with Crippen molar-refractivity contribution >= 4 is 11.1 Å². The van der Waals surface area contributed by atoms with Gasteiger partial charge in [0.1, 0.15) is 11.3 Å². The molecule has 0 aliphatic rings. The van der Waals surface area contributed by atoms with Gasteiger partial charge in [0, 0.05) is 17.3 Å². The Morgan fingerprint density at radius 1 is 1.00 bits per heavy atom. The number of ether oxygens (including phenoxy) is 1. The van der Waals surface area contributed by atoms with Crippen molar-refractivity contribution in [3.05, 3.63) is 66.4 Å². The second-order valence-corrected chi connectivity index (χ2v) is 5.62. The quantitative estimate of drug-likeness (QED) is 0.541. The molecule has 2 heterocycles. The Bertz CT molecular complexity index is 971. The van der Waals surface area contributed by atoms with E-state index >= 15 is 0 Å². The van der Waals surface area contributed by atoms with Crippen LogP contribution < -0.4 is 4.74 Å². The SMILES string of the molecule is COc1cc(-c2nc3ccccc3o2)ccc1-c1ccc(C)cn1. The Morgan fingerprint density at radius 3 is 2.62 bits per heavy atom. The van der Waals surface area contributed by atoms with E-state index in [1.165, 1.54) is 0 Å². The summed E-state index contributed by atoms with van der Waals surface area (Å²) < 4.78 is 11.4. The topological polar surface area (TPSA) is 48.2 Å². The molecule has 0 N–H and O–H groups in total. The molecule has 0 amide bonds. The molecule has 0 aliphatic heterocycles. The first-order chi connectivity index (χ1) is 11.7. The highest BCUT2D eigenvalue weighted by Gasteiger charge is 2.13. The number of fused-ring (bicyclic) bond motifs is 1. The van der Waals surface area contributed by atoms with Gasteiger partial charge >= 0.3 is 0 Å². The number of oxazole rings is 1. The lowest BCUT2D eigenvalue weighted by molar-refractivity contribution is 0.416. The van der Waals surface area contributed by atoms with Gasteiger partial charge in [-0.15, -0.1) is 0 Å². The monoisotopic (exact) mass is 316 g/mol. The van der Waals surface area contributed by atoms with Crippen LogP contribution in [-0.2, 0) is 0 Å². The van der Waals surface area contributed by atoms with E-state index in [4.69, 9.17) is 9.15 Å². The van der Waals surface area contributed by atoms with Gasteiger partial charge in [0.2, 0.25) is 5.89 Å². The third-order valence-corrected chi connectivity index (χ3v) is 3.93. The Balaban J connectivity index is 1.79. The minimum Gasteiger partial charge on any atom is -0.496 e. The Labute approximate surface area is 139 Å². The number of pyridine rings is 1. The van der Waals surface area contributed by atoms with Gasteiger partial charge in [-0.2, -0.15) is 0 Å². The molecule has 0 bridgehead atoms. The largest absolute Gasteiger partial charge is 0.496 e. The van der Waals surface area contributed by atoms with Crippen LogP contribution in [0.5, 0.6) is 5.75 Å². The molecular weight excluding hydrogens is 300 g/mol. The zero-order valence-corrected chi connectivity index (χ0v) is 13.5. The van der Waals surface area contributed by atoms with Crippen LogP contribution in [0.3, 0.4) is 0 Å². The van der Waals surface area contributed by atoms with E-state index in [0.717, 1.165) is 39.2 Å². The van der Waals surface area contributed by atoms with Gasteiger partial charge in [0.05, 0.1) is 12.8 Å². The molecule has 2 aromatic heterocycles. The van der Waals surface area contributed by atoms with Gasteiger partial charge in [-0.3, -0.25) is 4.98 Å². The molecule has 0 fully saturated rings. The average molecular weight is 316 g/mol. The number of rotatable bonds is 3. The number of nitrogens with zero attached hydrogens (tertiary/aromatic N) is 2. The van der Waals surface area contributed by atoms with Crippen molar-refractivity contribution in [2.75, 3.05) is 7.11 Å².